The summed E-state index contributed by atoms with van der Waals surface area (Å²) in [4.78, 5) is 50.5. The van der Waals surface area contributed by atoms with Crippen molar-refractivity contribution in [3.63, 3.8) is 0 Å². The fraction of sp³-hybridized carbons (Fsp3) is 0.273. The number of urea groups is 2. The van der Waals surface area contributed by atoms with Crippen LogP contribution in [0, 0.1) is 11.6 Å². The second-order valence-corrected chi connectivity index (χ2v) is 10.8. The molecule has 2 aliphatic heterocycles. The van der Waals surface area contributed by atoms with Crippen molar-refractivity contribution in [2.24, 2.45) is 0 Å². The Hall–Kier alpha value is -4.45. The molecule has 5 N–H and O–H groups in total. The lowest BCUT2D eigenvalue weighted by atomic mass is 9.72. The maximum Gasteiger partial charge on any atom is 0.547 e. The van der Waals surface area contributed by atoms with Crippen LogP contribution in [0.3, 0.4) is 0 Å². The number of imide groups is 1. The number of sulfonamides is 1. The van der Waals surface area contributed by atoms with Gasteiger partial charge in [0.25, 0.3) is 0 Å². The van der Waals surface area contributed by atoms with Crippen molar-refractivity contribution in [3.8, 4) is 11.5 Å². The average Bonchev–Trinajstić information content (AvgIpc) is 3.24. The molecule has 4 rings (SSSR count). The van der Waals surface area contributed by atoms with E-state index in [2.05, 4.69) is 5.32 Å². The van der Waals surface area contributed by atoms with Crippen LogP contribution in [-0.4, -0.2) is 89.2 Å². The van der Waals surface area contributed by atoms with Crippen LogP contribution in [0.2, 0.25) is 0 Å². The van der Waals surface area contributed by atoms with Crippen molar-refractivity contribution in [3.05, 3.63) is 58.7 Å². The van der Waals surface area contributed by atoms with Gasteiger partial charge in [0.1, 0.15) is 29.2 Å². The summed E-state index contributed by atoms with van der Waals surface area (Å²) >= 11 is 0. The Labute approximate surface area is 225 Å². The zero-order valence-electron chi connectivity index (χ0n) is 20.5. The van der Waals surface area contributed by atoms with Crippen molar-refractivity contribution in [1.82, 2.24) is 19.8 Å². The predicted molar refractivity (Wildman–Crippen MR) is 131 cm³/mol. The normalized spacial score (nSPS) is 17.6. The number of phenolic OH excluding ortho intramolecular Hbond substituents is 1. The highest BCUT2D eigenvalue weighted by Gasteiger charge is 2.42. The van der Waals surface area contributed by atoms with Crippen molar-refractivity contribution in [1.29, 1.82) is 0 Å². The van der Waals surface area contributed by atoms with Gasteiger partial charge in [0.15, 0.2) is 0 Å². The second kappa shape index (κ2) is 10.6. The molecule has 2 atom stereocenters. The molecule has 0 radical (unpaired) electrons. The summed E-state index contributed by atoms with van der Waals surface area (Å²) in [6, 6.07) is 0.245. The highest BCUT2D eigenvalue weighted by molar-refractivity contribution is 7.88. The van der Waals surface area contributed by atoms with Crippen molar-refractivity contribution >= 4 is 41.1 Å². The van der Waals surface area contributed by atoms with Crippen LogP contribution in [0.5, 0.6) is 11.5 Å². The van der Waals surface area contributed by atoms with Crippen LogP contribution in [0.25, 0.3) is 0 Å². The first-order valence-corrected chi connectivity index (χ1v) is 13.3. The van der Waals surface area contributed by atoms with Gasteiger partial charge in [-0.3, -0.25) is 4.79 Å². The van der Waals surface area contributed by atoms with Gasteiger partial charge >= 0.3 is 25.1 Å². The van der Waals surface area contributed by atoms with Gasteiger partial charge in [0.05, 0.1) is 36.4 Å². The zero-order chi connectivity index (χ0) is 29.5. The molecule has 1 fully saturated rings. The van der Waals surface area contributed by atoms with E-state index in [1.807, 2.05) is 5.32 Å². The van der Waals surface area contributed by atoms with Crippen LogP contribution >= 0.6 is 0 Å². The first-order chi connectivity index (χ1) is 18.7. The number of rotatable bonds is 6. The van der Waals surface area contributed by atoms with E-state index < -0.39 is 89.1 Å². The molecular formula is C22H21BF2N4O10S. The summed E-state index contributed by atoms with van der Waals surface area (Å²) in [6.45, 7) is -0.822. The Morgan fingerprint density at radius 1 is 1.18 bits per heavy atom. The SMILES string of the molecule is CS(=O)(=O)N1CCN(C(=O)N[C@H](C(=O)N[C@H]2Cc3cccc(C(=O)O)c3OB2O)c2c(F)cc(O)cc2F)C1=O. The van der Waals surface area contributed by atoms with E-state index in [1.54, 1.807) is 0 Å². The number of fused-ring (bicyclic) bond motifs is 1. The maximum atomic E-state index is 14.8. The zero-order valence-corrected chi connectivity index (χ0v) is 21.3. The largest absolute Gasteiger partial charge is 0.547 e. The van der Waals surface area contributed by atoms with E-state index in [-0.39, 0.29) is 23.3 Å². The van der Waals surface area contributed by atoms with E-state index in [0.717, 1.165) is 6.26 Å². The minimum atomic E-state index is -4.03. The lowest BCUT2D eigenvalue weighted by Gasteiger charge is -2.30. The van der Waals surface area contributed by atoms with Crippen molar-refractivity contribution in [2.45, 2.75) is 18.4 Å². The minimum Gasteiger partial charge on any atom is -0.534 e. The lowest BCUT2D eigenvalue weighted by molar-refractivity contribution is -0.123. The monoisotopic (exact) mass is 582 g/mol. The average molecular weight is 582 g/mol. The molecule has 2 aliphatic rings. The maximum absolute atomic E-state index is 14.8. The van der Waals surface area contributed by atoms with Crippen molar-refractivity contribution < 1.29 is 56.3 Å². The number of carboxylic acids is 1. The Kier molecular flexibility index (Phi) is 7.58. The molecule has 2 aromatic rings. The fourth-order valence-corrected chi connectivity index (χ4v) is 5.11. The number of carboxylic acid groups (broad SMARTS) is 1. The summed E-state index contributed by atoms with van der Waals surface area (Å²) in [7, 11) is -5.85. The van der Waals surface area contributed by atoms with Gasteiger partial charge in [0, 0.05) is 12.1 Å². The van der Waals surface area contributed by atoms with Gasteiger partial charge in [-0.05, 0) is 18.1 Å². The molecule has 14 nitrogen and oxygen atoms in total. The van der Waals surface area contributed by atoms with E-state index in [0.29, 0.717) is 21.3 Å². The molecular weight excluding hydrogens is 561 g/mol. The fourth-order valence-electron chi connectivity index (χ4n) is 4.31. The standard InChI is InChI=1S/C22H21BF2N4O10S/c1-40(37,38)29-6-5-28(22(29)35)21(34)27-17(16-13(24)8-11(30)9-14(16)25)19(31)26-15-7-10-3-2-4-12(20(32)33)18(10)39-23(15)36/h2-4,8-9,15,17,30,36H,5-7H2,1H3,(H,26,31)(H,27,34)(H,32,33)/t15-,17-/m0/s1. The third-order valence-electron chi connectivity index (χ3n) is 6.18. The first-order valence-electron chi connectivity index (χ1n) is 11.5. The Morgan fingerprint density at radius 3 is 2.40 bits per heavy atom. The van der Waals surface area contributed by atoms with Gasteiger partial charge < -0.3 is 30.5 Å². The molecule has 1 saturated heterocycles. The third kappa shape index (κ3) is 5.48. The number of amides is 5. The molecule has 212 valence electrons. The topological polar surface area (TPSA) is 203 Å². The van der Waals surface area contributed by atoms with E-state index in [4.69, 9.17) is 4.65 Å². The lowest BCUT2D eigenvalue weighted by Crippen LogP contribution is -2.56. The van der Waals surface area contributed by atoms with Crippen LogP contribution in [-0.2, 0) is 21.2 Å². The summed E-state index contributed by atoms with van der Waals surface area (Å²) in [5, 5.41) is 33.6. The number of carbonyl (C=O) groups is 4. The summed E-state index contributed by atoms with van der Waals surface area (Å²) in [6.07, 6.45) is 0.553. The summed E-state index contributed by atoms with van der Waals surface area (Å²) < 4.78 is 58.8. The highest BCUT2D eigenvalue weighted by atomic mass is 32.2. The van der Waals surface area contributed by atoms with Crippen LogP contribution in [0.15, 0.2) is 30.3 Å². The Balaban J connectivity index is 1.62. The van der Waals surface area contributed by atoms with Crippen molar-refractivity contribution in [2.75, 3.05) is 19.3 Å². The number of carbonyl (C=O) groups excluding carboxylic acids is 3. The molecule has 0 spiro atoms. The number of phenols is 1. The minimum absolute atomic E-state index is 0.142. The first kappa shape index (κ1) is 28.6. The molecule has 18 heteroatoms. The van der Waals surface area contributed by atoms with Crippen LogP contribution in [0.4, 0.5) is 18.4 Å². The number of halogens is 2. The molecule has 0 unspecified atom stereocenters. The molecule has 0 aliphatic carbocycles. The molecule has 2 heterocycles. The van der Waals surface area contributed by atoms with Gasteiger partial charge in [0.2, 0.25) is 15.9 Å². The number of hydrogen-bond donors (Lipinski definition) is 5. The number of hydrogen-bond acceptors (Lipinski definition) is 9. The van der Waals surface area contributed by atoms with Gasteiger partial charge in [-0.25, -0.2) is 40.8 Å². The smallest absolute Gasteiger partial charge is 0.534 e. The molecule has 0 bridgehead atoms. The molecule has 2 aromatic carbocycles. The van der Waals surface area contributed by atoms with E-state index >= 15 is 0 Å². The summed E-state index contributed by atoms with van der Waals surface area (Å²) in [5.41, 5.74) is -1.00. The Bertz CT molecular complexity index is 1500. The molecule has 5 amide bonds. The molecule has 40 heavy (non-hydrogen) atoms. The number of aromatic hydroxyl groups is 1. The van der Waals surface area contributed by atoms with Gasteiger partial charge in [-0.1, -0.05) is 12.1 Å². The van der Waals surface area contributed by atoms with Crippen LogP contribution in [0.1, 0.15) is 27.5 Å². The number of nitrogens with zero attached hydrogens (tertiary/aromatic N) is 2. The Morgan fingerprint density at radius 2 is 1.82 bits per heavy atom. The van der Waals surface area contributed by atoms with Gasteiger partial charge in [-0.2, -0.15) is 0 Å². The van der Waals surface area contributed by atoms with E-state index in [1.165, 1.54) is 18.2 Å². The second-order valence-electron chi connectivity index (χ2n) is 8.90. The summed E-state index contributed by atoms with van der Waals surface area (Å²) in [5.74, 6) is -7.77. The quantitative estimate of drug-likeness (QED) is 0.288. The van der Waals surface area contributed by atoms with Gasteiger partial charge in [-0.15, -0.1) is 0 Å². The molecule has 0 saturated carbocycles. The van der Waals surface area contributed by atoms with E-state index in [9.17, 15) is 51.6 Å². The predicted octanol–water partition coefficient (Wildman–Crippen LogP) is -0.0439. The number of aromatic carboxylic acids is 1. The number of benzene rings is 2. The number of nitrogens with one attached hydrogen (secondary N) is 2. The van der Waals surface area contributed by atoms with Crippen LogP contribution < -0.4 is 15.3 Å². The number of para-hydroxylation sites is 1. The third-order valence-corrected chi connectivity index (χ3v) is 7.32. The highest BCUT2D eigenvalue weighted by Crippen LogP contribution is 2.31. The molecule has 0 aromatic heterocycles.